The predicted octanol–water partition coefficient (Wildman–Crippen LogP) is 3.51. The van der Waals surface area contributed by atoms with Gasteiger partial charge in [0.25, 0.3) is 5.91 Å². The molecular formula is C22H21ClN2O6S. The van der Waals surface area contributed by atoms with E-state index >= 15 is 0 Å². The Bertz CT molecular complexity index is 1090. The number of thiocarbonyl (C=S) groups is 1. The zero-order valence-electron chi connectivity index (χ0n) is 17.9. The van der Waals surface area contributed by atoms with Crippen molar-refractivity contribution in [3.63, 3.8) is 0 Å². The standard InChI is InChI=1S/C22H21ClN2O6S/c1-28-17-11-19(30-3)18(29-2)10-13(17)9-16-21(27)25(15-7-5-14(23)6-8-15)22(32)24(16)12-20(26)31-4/h5-11H,12H2,1-4H3/b16-9-. The molecule has 0 N–H and O–H groups in total. The van der Waals surface area contributed by atoms with E-state index in [4.69, 9.17) is 42.8 Å². The molecule has 0 unspecified atom stereocenters. The lowest BCUT2D eigenvalue weighted by Crippen LogP contribution is -2.35. The number of hydrogen-bond donors (Lipinski definition) is 0. The van der Waals surface area contributed by atoms with Crippen molar-refractivity contribution in [1.82, 2.24) is 4.90 Å². The van der Waals surface area contributed by atoms with Crippen LogP contribution in [0.2, 0.25) is 5.02 Å². The van der Waals surface area contributed by atoms with Crippen molar-refractivity contribution < 1.29 is 28.5 Å². The first kappa shape index (κ1) is 23.4. The average molecular weight is 477 g/mol. The summed E-state index contributed by atoms with van der Waals surface area (Å²) in [5, 5.41) is 0.650. The summed E-state index contributed by atoms with van der Waals surface area (Å²) < 4.78 is 20.9. The Hall–Kier alpha value is -3.30. The molecule has 1 amide bonds. The summed E-state index contributed by atoms with van der Waals surface area (Å²) in [5.41, 5.74) is 1.21. The molecule has 0 bridgehead atoms. The van der Waals surface area contributed by atoms with Crippen LogP contribution in [0, 0.1) is 0 Å². The van der Waals surface area contributed by atoms with Crippen molar-refractivity contribution in [2.45, 2.75) is 0 Å². The predicted molar refractivity (Wildman–Crippen MR) is 124 cm³/mol. The lowest BCUT2D eigenvalue weighted by Gasteiger charge is -2.19. The number of hydrogen-bond acceptors (Lipinski definition) is 7. The van der Waals surface area contributed by atoms with Crippen molar-refractivity contribution in [3.05, 3.63) is 52.7 Å². The number of anilines is 1. The van der Waals surface area contributed by atoms with Crippen molar-refractivity contribution in [1.29, 1.82) is 0 Å². The first-order valence-electron chi connectivity index (χ1n) is 9.34. The second-order valence-corrected chi connectivity index (χ2v) is 7.34. The summed E-state index contributed by atoms with van der Waals surface area (Å²) in [4.78, 5) is 28.2. The maximum Gasteiger partial charge on any atom is 0.325 e. The van der Waals surface area contributed by atoms with E-state index in [0.717, 1.165) is 0 Å². The van der Waals surface area contributed by atoms with Crippen molar-refractivity contribution in [2.24, 2.45) is 0 Å². The molecule has 2 aromatic carbocycles. The molecule has 0 aromatic heterocycles. The Labute approximate surface area is 195 Å². The van der Waals surface area contributed by atoms with Gasteiger partial charge in [-0.1, -0.05) is 11.6 Å². The number of carbonyl (C=O) groups excluding carboxylic acids is 2. The van der Waals surface area contributed by atoms with Crippen LogP contribution < -0.4 is 19.1 Å². The number of methoxy groups -OCH3 is 4. The Balaban J connectivity index is 2.14. The van der Waals surface area contributed by atoms with Gasteiger partial charge in [0.1, 0.15) is 18.0 Å². The molecule has 1 aliphatic rings. The van der Waals surface area contributed by atoms with Crippen LogP contribution in [0.15, 0.2) is 42.1 Å². The minimum atomic E-state index is -0.553. The highest BCUT2D eigenvalue weighted by Gasteiger charge is 2.40. The normalized spacial score (nSPS) is 14.7. The molecule has 1 saturated heterocycles. The minimum absolute atomic E-state index is 0.133. The monoisotopic (exact) mass is 476 g/mol. The minimum Gasteiger partial charge on any atom is -0.496 e. The fourth-order valence-corrected chi connectivity index (χ4v) is 3.63. The number of benzene rings is 2. The number of amides is 1. The highest BCUT2D eigenvalue weighted by molar-refractivity contribution is 7.80. The summed E-state index contributed by atoms with van der Waals surface area (Å²) in [7, 11) is 5.77. The molecule has 3 rings (SSSR count). The summed E-state index contributed by atoms with van der Waals surface area (Å²) in [6, 6.07) is 9.95. The molecule has 1 aliphatic heterocycles. The fourth-order valence-electron chi connectivity index (χ4n) is 3.16. The summed E-state index contributed by atoms with van der Waals surface area (Å²) in [5.74, 6) is 0.384. The van der Waals surface area contributed by atoms with Gasteiger partial charge in [-0.05, 0) is 48.6 Å². The number of ether oxygens (including phenoxy) is 4. The number of halogens is 1. The SMILES string of the molecule is COC(=O)CN1C(=S)N(c2ccc(Cl)cc2)C(=O)/C1=C/c1cc(OC)c(OC)cc1OC. The van der Waals surface area contributed by atoms with Gasteiger partial charge >= 0.3 is 5.97 Å². The molecule has 32 heavy (non-hydrogen) atoms. The molecule has 168 valence electrons. The van der Waals surface area contributed by atoms with Gasteiger partial charge in [0.2, 0.25) is 0 Å². The maximum absolute atomic E-state index is 13.4. The molecule has 0 saturated carbocycles. The van der Waals surface area contributed by atoms with Gasteiger partial charge in [-0.15, -0.1) is 0 Å². The van der Waals surface area contributed by atoms with Crippen LogP contribution in [0.1, 0.15) is 5.56 Å². The van der Waals surface area contributed by atoms with E-state index in [1.807, 2.05) is 0 Å². The topological polar surface area (TPSA) is 77.5 Å². The molecule has 0 aliphatic carbocycles. The van der Waals surface area contributed by atoms with Gasteiger partial charge in [0, 0.05) is 16.7 Å². The first-order chi connectivity index (χ1) is 15.3. The second kappa shape index (κ2) is 9.88. The van der Waals surface area contributed by atoms with E-state index in [1.165, 1.54) is 38.2 Å². The van der Waals surface area contributed by atoms with Crippen molar-refractivity contribution in [3.8, 4) is 17.2 Å². The lowest BCUT2D eigenvalue weighted by molar-refractivity contribution is -0.140. The molecule has 0 radical (unpaired) electrons. The van der Waals surface area contributed by atoms with Crippen molar-refractivity contribution in [2.75, 3.05) is 39.9 Å². The highest BCUT2D eigenvalue weighted by Crippen LogP contribution is 2.37. The lowest BCUT2D eigenvalue weighted by atomic mass is 10.1. The van der Waals surface area contributed by atoms with Gasteiger partial charge < -0.3 is 23.8 Å². The molecule has 1 fully saturated rings. The molecule has 8 nitrogen and oxygen atoms in total. The number of carbonyl (C=O) groups is 2. The van der Waals surface area contributed by atoms with E-state index < -0.39 is 11.9 Å². The Morgan fingerprint density at radius 2 is 1.59 bits per heavy atom. The van der Waals surface area contributed by atoms with Crippen LogP contribution in [-0.2, 0) is 14.3 Å². The summed E-state index contributed by atoms with van der Waals surface area (Å²) >= 11 is 11.5. The third kappa shape index (κ3) is 4.49. The molecule has 0 atom stereocenters. The maximum atomic E-state index is 13.4. The summed E-state index contributed by atoms with van der Waals surface area (Å²) in [6.45, 7) is -0.243. The fraction of sp³-hybridized carbons (Fsp3) is 0.227. The van der Waals surface area contributed by atoms with Gasteiger partial charge in [0.15, 0.2) is 16.6 Å². The second-order valence-electron chi connectivity index (χ2n) is 6.54. The quantitative estimate of drug-likeness (QED) is 0.341. The smallest absolute Gasteiger partial charge is 0.325 e. The number of rotatable bonds is 7. The van der Waals surface area contributed by atoms with Gasteiger partial charge in [-0.25, -0.2) is 0 Å². The highest BCUT2D eigenvalue weighted by atomic mass is 35.5. The average Bonchev–Trinajstić information content (AvgIpc) is 3.03. The molecule has 2 aromatic rings. The van der Waals surface area contributed by atoms with Crippen LogP contribution in [0.25, 0.3) is 6.08 Å². The van der Waals surface area contributed by atoms with Crippen LogP contribution in [0.3, 0.4) is 0 Å². The van der Waals surface area contributed by atoms with Gasteiger partial charge in [-0.2, -0.15) is 0 Å². The first-order valence-corrected chi connectivity index (χ1v) is 10.1. The third-order valence-corrected chi connectivity index (χ3v) is 5.42. The molecule has 1 heterocycles. The zero-order chi connectivity index (χ0) is 23.4. The van der Waals surface area contributed by atoms with E-state index in [2.05, 4.69) is 0 Å². The van der Waals surface area contributed by atoms with Crippen LogP contribution in [0.4, 0.5) is 5.69 Å². The summed E-state index contributed by atoms with van der Waals surface area (Å²) in [6.07, 6.45) is 1.58. The van der Waals surface area contributed by atoms with E-state index in [1.54, 1.807) is 42.5 Å². The van der Waals surface area contributed by atoms with Crippen LogP contribution >= 0.6 is 23.8 Å². The molecule has 10 heteroatoms. The van der Waals surface area contributed by atoms with Crippen molar-refractivity contribution >= 4 is 52.6 Å². The third-order valence-electron chi connectivity index (χ3n) is 4.76. The number of nitrogens with zero attached hydrogens (tertiary/aromatic N) is 2. The van der Waals surface area contributed by atoms with Gasteiger partial charge in [0.05, 0.1) is 34.1 Å². The largest absolute Gasteiger partial charge is 0.496 e. The van der Waals surface area contributed by atoms with E-state index in [0.29, 0.717) is 33.5 Å². The Morgan fingerprint density at radius 3 is 2.16 bits per heavy atom. The van der Waals surface area contributed by atoms with E-state index in [9.17, 15) is 9.59 Å². The van der Waals surface area contributed by atoms with Crippen LogP contribution in [-0.4, -0.2) is 56.9 Å². The van der Waals surface area contributed by atoms with E-state index in [-0.39, 0.29) is 17.4 Å². The van der Waals surface area contributed by atoms with Crippen LogP contribution in [0.5, 0.6) is 17.2 Å². The Kier molecular flexibility index (Phi) is 7.22. The van der Waals surface area contributed by atoms with Gasteiger partial charge in [-0.3, -0.25) is 14.5 Å². The molecule has 0 spiro atoms. The molecular weight excluding hydrogens is 456 g/mol. The zero-order valence-corrected chi connectivity index (χ0v) is 19.5. The number of esters is 1. The Morgan fingerprint density at radius 1 is 1.00 bits per heavy atom.